The Morgan fingerprint density at radius 1 is 1.22 bits per heavy atom. The number of nitrogens with zero attached hydrogens (tertiary/aromatic N) is 2. The zero-order chi connectivity index (χ0) is 27.2. The molecular weight excluding hydrogens is 473 g/mol. The first-order chi connectivity index (χ1) is 16.8. The molecule has 1 aromatic rings. The number of methoxy groups -OCH3 is 1. The van der Waals surface area contributed by atoms with E-state index >= 15 is 0 Å². The fourth-order valence-electron chi connectivity index (χ4n) is 3.74. The topological polar surface area (TPSA) is 118 Å². The second kappa shape index (κ2) is 12.4. The number of carbonyl (C=O) groups excluding carboxylic acids is 3. The van der Waals surface area contributed by atoms with Gasteiger partial charge in [-0.3, -0.25) is 14.5 Å². The predicted octanol–water partition coefficient (Wildman–Crippen LogP) is 1.94. The van der Waals surface area contributed by atoms with Gasteiger partial charge in [-0.05, 0) is 58.9 Å². The monoisotopic (exact) mass is 511 g/mol. The first-order valence-corrected chi connectivity index (χ1v) is 11.9. The Kier molecular flexibility index (Phi) is 10.1. The average Bonchev–Trinajstić information content (AvgIpc) is 3.23. The molecule has 1 fully saturated rings. The first kappa shape index (κ1) is 29.3. The summed E-state index contributed by atoms with van der Waals surface area (Å²) in [5, 5.41) is 12.6. The van der Waals surface area contributed by atoms with E-state index in [4.69, 9.17) is 14.2 Å². The molecule has 3 amide bonds. The summed E-state index contributed by atoms with van der Waals surface area (Å²) in [6, 6.07) is 3.00. The lowest BCUT2D eigenvalue weighted by atomic mass is 10.1. The number of nitrogens with one attached hydrogen (secondary N) is 1. The van der Waals surface area contributed by atoms with Crippen LogP contribution in [-0.4, -0.2) is 96.1 Å². The Labute approximate surface area is 211 Å². The molecule has 2 N–H and O–H groups in total. The molecule has 11 heteroatoms. The van der Waals surface area contributed by atoms with E-state index in [2.05, 4.69) is 5.32 Å². The van der Waals surface area contributed by atoms with E-state index in [1.165, 1.54) is 50.2 Å². The number of aliphatic hydroxyl groups excluding tert-OH is 1. The largest absolute Gasteiger partial charge is 0.489 e. The Bertz CT molecular complexity index is 906. The van der Waals surface area contributed by atoms with E-state index in [-0.39, 0.29) is 13.2 Å². The van der Waals surface area contributed by atoms with Gasteiger partial charge in [0.1, 0.15) is 35.4 Å². The van der Waals surface area contributed by atoms with Gasteiger partial charge in [0.05, 0.1) is 25.3 Å². The van der Waals surface area contributed by atoms with Gasteiger partial charge in [-0.2, -0.15) is 0 Å². The molecule has 1 aliphatic rings. The molecule has 1 saturated heterocycles. The third kappa shape index (κ3) is 7.79. The minimum Gasteiger partial charge on any atom is -0.489 e. The number of amides is 3. The molecule has 0 spiro atoms. The number of ether oxygens (including phenoxy) is 3. The van der Waals surface area contributed by atoms with Gasteiger partial charge in [0.25, 0.3) is 0 Å². The highest BCUT2D eigenvalue weighted by atomic mass is 19.1. The van der Waals surface area contributed by atoms with E-state index < -0.39 is 59.7 Å². The van der Waals surface area contributed by atoms with Gasteiger partial charge in [-0.25, -0.2) is 9.18 Å². The quantitative estimate of drug-likeness (QED) is 0.520. The van der Waals surface area contributed by atoms with Crippen molar-refractivity contribution in [2.75, 3.05) is 27.3 Å². The van der Waals surface area contributed by atoms with Crippen molar-refractivity contribution < 1.29 is 38.1 Å². The van der Waals surface area contributed by atoms with Crippen molar-refractivity contribution in [3.05, 3.63) is 30.1 Å². The van der Waals surface area contributed by atoms with Gasteiger partial charge >= 0.3 is 6.09 Å². The maximum absolute atomic E-state index is 13.5. The molecule has 0 aliphatic carbocycles. The van der Waals surface area contributed by atoms with Crippen molar-refractivity contribution in [3.63, 3.8) is 0 Å². The standard InChI is InChI=1S/C25H38FN3O7/c1-15(28(6)24(33)36-25(3,4)5)22(31)27-21(16(2)34-7)23(32)29-13-20(12-18(29)14-30)35-19-10-8-17(26)9-11-19/h8-11,15-16,18,20-21,30H,12-14H2,1-7H3,(H,27,31)/t15-,16+,18-,20?,21-/m0/s1. The van der Waals surface area contributed by atoms with E-state index in [1.54, 1.807) is 27.7 Å². The summed E-state index contributed by atoms with van der Waals surface area (Å²) >= 11 is 0. The number of halogens is 1. The lowest BCUT2D eigenvalue weighted by Crippen LogP contribution is -2.59. The summed E-state index contributed by atoms with van der Waals surface area (Å²) in [5.41, 5.74) is -0.730. The van der Waals surface area contributed by atoms with Gasteiger partial charge < -0.3 is 29.5 Å². The van der Waals surface area contributed by atoms with Crippen LogP contribution in [0.3, 0.4) is 0 Å². The smallest absolute Gasteiger partial charge is 0.410 e. The third-order valence-electron chi connectivity index (χ3n) is 6.03. The van der Waals surface area contributed by atoms with Crippen LogP contribution < -0.4 is 10.1 Å². The van der Waals surface area contributed by atoms with Crippen LogP contribution in [0.2, 0.25) is 0 Å². The molecule has 2 rings (SSSR count). The Balaban J connectivity index is 2.12. The van der Waals surface area contributed by atoms with E-state index in [1.807, 2.05) is 0 Å². The highest BCUT2D eigenvalue weighted by molar-refractivity contribution is 5.91. The molecule has 202 valence electrons. The molecule has 10 nitrogen and oxygen atoms in total. The molecule has 36 heavy (non-hydrogen) atoms. The van der Waals surface area contributed by atoms with Gasteiger partial charge in [-0.1, -0.05) is 0 Å². The number of hydrogen-bond acceptors (Lipinski definition) is 7. The van der Waals surface area contributed by atoms with Crippen LogP contribution in [0, 0.1) is 5.82 Å². The molecule has 0 aromatic heterocycles. The molecule has 0 saturated carbocycles. The van der Waals surface area contributed by atoms with E-state index in [9.17, 15) is 23.9 Å². The zero-order valence-corrected chi connectivity index (χ0v) is 22.0. The molecule has 1 aromatic carbocycles. The van der Waals surface area contributed by atoms with Crippen molar-refractivity contribution in [1.82, 2.24) is 15.1 Å². The summed E-state index contributed by atoms with van der Waals surface area (Å²) in [4.78, 5) is 41.5. The maximum atomic E-state index is 13.5. The fraction of sp³-hybridized carbons (Fsp3) is 0.640. The summed E-state index contributed by atoms with van der Waals surface area (Å²) in [6.45, 7) is 8.20. The summed E-state index contributed by atoms with van der Waals surface area (Å²) in [5.74, 6) is -0.961. The van der Waals surface area contributed by atoms with Crippen LogP contribution in [0.15, 0.2) is 24.3 Å². The minimum absolute atomic E-state index is 0.164. The Morgan fingerprint density at radius 2 is 1.83 bits per heavy atom. The zero-order valence-electron chi connectivity index (χ0n) is 22.0. The Hall–Kier alpha value is -2.92. The second-order valence-corrected chi connectivity index (χ2v) is 9.95. The number of carbonyl (C=O) groups is 3. The van der Waals surface area contributed by atoms with Crippen LogP contribution in [0.4, 0.5) is 9.18 Å². The van der Waals surface area contributed by atoms with Crippen LogP contribution in [0.1, 0.15) is 41.0 Å². The van der Waals surface area contributed by atoms with Gasteiger partial charge in [0, 0.05) is 20.6 Å². The van der Waals surface area contributed by atoms with Crippen LogP contribution in [0.25, 0.3) is 0 Å². The normalized spacial score (nSPS) is 20.3. The highest BCUT2D eigenvalue weighted by Gasteiger charge is 2.41. The molecule has 0 radical (unpaired) electrons. The first-order valence-electron chi connectivity index (χ1n) is 11.9. The average molecular weight is 512 g/mol. The van der Waals surface area contributed by atoms with Crippen molar-refractivity contribution in [1.29, 1.82) is 0 Å². The number of benzene rings is 1. The molecule has 0 bridgehead atoms. The molecular formula is C25H38FN3O7. The lowest BCUT2D eigenvalue weighted by molar-refractivity contribution is -0.142. The van der Waals surface area contributed by atoms with Crippen molar-refractivity contribution in [2.45, 2.75) is 77.0 Å². The highest BCUT2D eigenvalue weighted by Crippen LogP contribution is 2.24. The molecule has 1 heterocycles. The van der Waals surface area contributed by atoms with Crippen molar-refractivity contribution in [2.24, 2.45) is 0 Å². The van der Waals surface area contributed by atoms with E-state index in [0.29, 0.717) is 12.2 Å². The number of hydrogen-bond donors (Lipinski definition) is 2. The van der Waals surface area contributed by atoms with Gasteiger partial charge in [0.2, 0.25) is 11.8 Å². The summed E-state index contributed by atoms with van der Waals surface area (Å²) < 4.78 is 29.7. The molecule has 1 unspecified atom stereocenters. The van der Waals surface area contributed by atoms with Gasteiger partial charge in [-0.15, -0.1) is 0 Å². The van der Waals surface area contributed by atoms with Crippen LogP contribution >= 0.6 is 0 Å². The van der Waals surface area contributed by atoms with Gasteiger partial charge in [0.15, 0.2) is 0 Å². The minimum atomic E-state index is -1.07. The second-order valence-electron chi connectivity index (χ2n) is 9.95. The maximum Gasteiger partial charge on any atom is 0.410 e. The fourth-order valence-corrected chi connectivity index (χ4v) is 3.74. The van der Waals surface area contributed by atoms with Crippen LogP contribution in [0.5, 0.6) is 5.75 Å². The number of likely N-dealkylation sites (N-methyl/N-ethyl adjacent to an activating group) is 1. The van der Waals surface area contributed by atoms with Crippen LogP contribution in [-0.2, 0) is 19.1 Å². The summed E-state index contributed by atoms with van der Waals surface area (Å²) in [6.07, 6.45) is -1.44. The summed E-state index contributed by atoms with van der Waals surface area (Å²) in [7, 11) is 2.86. The Morgan fingerprint density at radius 3 is 2.36 bits per heavy atom. The SMILES string of the molecule is CO[C@H](C)[C@H](NC(=O)[C@H](C)N(C)C(=O)OC(C)(C)C)C(=O)N1CC(Oc2ccc(F)cc2)C[C@H]1CO. The van der Waals surface area contributed by atoms with E-state index in [0.717, 1.165) is 4.90 Å². The third-order valence-corrected chi connectivity index (χ3v) is 6.03. The predicted molar refractivity (Wildman–Crippen MR) is 130 cm³/mol. The van der Waals surface area contributed by atoms with Crippen molar-refractivity contribution in [3.8, 4) is 5.75 Å². The number of aliphatic hydroxyl groups is 1. The van der Waals surface area contributed by atoms with Crippen molar-refractivity contribution >= 4 is 17.9 Å². The molecule has 5 atom stereocenters. The lowest BCUT2D eigenvalue weighted by Gasteiger charge is -2.33. The number of rotatable bonds is 9. The molecule has 1 aliphatic heterocycles. The number of likely N-dealkylation sites (tertiary alicyclic amines) is 1.